The van der Waals surface area contributed by atoms with Crippen LogP contribution in [0.5, 0.6) is 5.75 Å². The van der Waals surface area contributed by atoms with Crippen molar-refractivity contribution in [2.75, 3.05) is 29.3 Å². The van der Waals surface area contributed by atoms with E-state index < -0.39 is 34.2 Å². The summed E-state index contributed by atoms with van der Waals surface area (Å²) >= 11 is 0. The molecule has 0 radical (unpaired) electrons. The number of fused-ring (bicyclic) bond motifs is 2. The highest BCUT2D eigenvalue weighted by atomic mass is 32.2. The Kier molecular flexibility index (Phi) is 5.51. The minimum absolute atomic E-state index is 0.0453. The second-order valence-electron chi connectivity index (χ2n) is 9.67. The number of ether oxygens (including phenoxy) is 3. The van der Waals surface area contributed by atoms with Gasteiger partial charge in [0.15, 0.2) is 6.61 Å². The molecule has 2 unspecified atom stereocenters. The Balaban J connectivity index is 1.26. The SMILES string of the molecule is Cn1cc(S(=O)(=O)N2C[C@H](CN3C(=O)COC3=O)Oc3ccc(NC(=O)OC4C[C@@H]5CCC45)cc32)cn1. The van der Waals surface area contributed by atoms with E-state index in [-0.39, 0.29) is 42.1 Å². The van der Waals surface area contributed by atoms with Crippen molar-refractivity contribution in [3.05, 3.63) is 30.6 Å². The van der Waals surface area contributed by atoms with Gasteiger partial charge in [-0.15, -0.1) is 0 Å². The van der Waals surface area contributed by atoms with Crippen LogP contribution in [-0.4, -0.2) is 73.1 Å². The van der Waals surface area contributed by atoms with E-state index in [9.17, 15) is 22.8 Å². The van der Waals surface area contributed by atoms with E-state index in [1.54, 1.807) is 13.1 Å². The zero-order valence-corrected chi connectivity index (χ0v) is 20.7. The van der Waals surface area contributed by atoms with Crippen LogP contribution in [0.1, 0.15) is 19.3 Å². The van der Waals surface area contributed by atoms with Crippen LogP contribution >= 0.6 is 0 Å². The highest BCUT2D eigenvalue weighted by Gasteiger charge is 2.49. The maximum atomic E-state index is 13.6. The largest absolute Gasteiger partial charge is 0.484 e. The second kappa shape index (κ2) is 8.64. The number of imide groups is 1. The first kappa shape index (κ1) is 23.6. The molecule has 3 heterocycles. The molecule has 0 spiro atoms. The van der Waals surface area contributed by atoms with E-state index in [4.69, 9.17) is 14.2 Å². The number of carbonyl (C=O) groups is 3. The van der Waals surface area contributed by atoms with Crippen molar-refractivity contribution in [3.63, 3.8) is 0 Å². The molecule has 4 aliphatic rings. The Labute approximate surface area is 212 Å². The number of sulfonamides is 1. The minimum Gasteiger partial charge on any atom is -0.484 e. The van der Waals surface area contributed by atoms with Gasteiger partial charge >= 0.3 is 12.2 Å². The summed E-state index contributed by atoms with van der Waals surface area (Å²) in [7, 11) is -2.51. The van der Waals surface area contributed by atoms with E-state index in [0.29, 0.717) is 17.5 Å². The number of aromatic nitrogens is 2. The highest BCUT2D eigenvalue weighted by Crippen LogP contribution is 2.51. The molecule has 2 saturated carbocycles. The monoisotopic (exact) mass is 531 g/mol. The molecule has 6 rings (SSSR count). The maximum absolute atomic E-state index is 13.6. The van der Waals surface area contributed by atoms with Crippen LogP contribution in [0.3, 0.4) is 0 Å². The molecule has 14 heteroatoms. The fourth-order valence-corrected chi connectivity index (χ4v) is 6.69. The second-order valence-corrected chi connectivity index (χ2v) is 11.5. The van der Waals surface area contributed by atoms with E-state index >= 15 is 0 Å². The summed E-state index contributed by atoms with van der Waals surface area (Å²) < 4.78 is 46.0. The van der Waals surface area contributed by atoms with Gasteiger partial charge in [0.05, 0.1) is 25.0 Å². The summed E-state index contributed by atoms with van der Waals surface area (Å²) in [5, 5.41) is 6.64. The van der Waals surface area contributed by atoms with Crippen molar-refractivity contribution < 1.29 is 37.0 Å². The lowest BCUT2D eigenvalue weighted by atomic mass is 9.58. The smallest absolute Gasteiger partial charge is 0.417 e. The van der Waals surface area contributed by atoms with Crippen LogP contribution in [0.4, 0.5) is 21.0 Å². The molecule has 1 saturated heterocycles. The molecule has 1 aromatic heterocycles. The van der Waals surface area contributed by atoms with Gasteiger partial charge in [0.25, 0.3) is 15.9 Å². The molecule has 1 aromatic carbocycles. The van der Waals surface area contributed by atoms with Crippen molar-refractivity contribution in [2.45, 2.75) is 36.4 Å². The average Bonchev–Trinajstić information content (AvgIpc) is 3.42. The first-order chi connectivity index (χ1) is 17.7. The zero-order valence-electron chi connectivity index (χ0n) is 19.9. The van der Waals surface area contributed by atoms with Crippen molar-refractivity contribution >= 4 is 39.5 Å². The van der Waals surface area contributed by atoms with Gasteiger partial charge in [-0.05, 0) is 49.3 Å². The number of carbonyl (C=O) groups excluding carboxylic acids is 3. The third-order valence-corrected chi connectivity index (χ3v) is 9.11. The van der Waals surface area contributed by atoms with Crippen LogP contribution < -0.4 is 14.4 Å². The predicted molar refractivity (Wildman–Crippen MR) is 126 cm³/mol. The number of aryl methyl sites for hydroxylation is 1. The summed E-state index contributed by atoms with van der Waals surface area (Å²) in [5.41, 5.74) is 0.524. The lowest BCUT2D eigenvalue weighted by Crippen LogP contribution is -2.50. The molecule has 2 aromatic rings. The Morgan fingerprint density at radius 2 is 2.11 bits per heavy atom. The van der Waals surface area contributed by atoms with E-state index in [1.807, 2.05) is 0 Å². The molecular formula is C23H25N5O8S. The van der Waals surface area contributed by atoms with Crippen molar-refractivity contribution in [3.8, 4) is 5.75 Å². The fourth-order valence-electron chi connectivity index (χ4n) is 5.21. The molecular weight excluding hydrogens is 506 g/mol. The molecule has 1 N–H and O–H groups in total. The van der Waals surface area contributed by atoms with E-state index in [0.717, 1.165) is 22.0 Å². The maximum Gasteiger partial charge on any atom is 0.417 e. The number of rotatable bonds is 6. The van der Waals surface area contributed by atoms with Gasteiger partial charge in [0.2, 0.25) is 0 Å². The summed E-state index contributed by atoms with van der Waals surface area (Å²) in [5.74, 6) is 0.785. The van der Waals surface area contributed by atoms with Crippen LogP contribution in [-0.2, 0) is 31.3 Å². The molecule has 3 amide bonds. The Bertz CT molecular complexity index is 1380. The van der Waals surface area contributed by atoms with Crippen molar-refractivity contribution in [1.82, 2.24) is 14.7 Å². The zero-order chi connectivity index (χ0) is 25.9. The average molecular weight is 532 g/mol. The standard InChI is InChI=1S/C23H25N5O8S/c1-26-11-16(8-24-26)37(32,33)28-10-15(9-27-21(29)12-34-23(27)31)35-19-5-3-14(7-18(19)28)25-22(30)36-20-6-13-2-4-17(13)20/h3,5,7-8,11,13,15,17,20H,2,4,6,9-10,12H2,1H3,(H,25,30)/t13-,15-,17?,20?/m0/s1. The van der Waals surface area contributed by atoms with Crippen LogP contribution in [0, 0.1) is 11.8 Å². The lowest BCUT2D eigenvalue weighted by Gasteiger charge is -2.51. The number of benzene rings is 1. The van der Waals surface area contributed by atoms with Crippen LogP contribution in [0.25, 0.3) is 0 Å². The quantitative estimate of drug-likeness (QED) is 0.588. The predicted octanol–water partition coefficient (Wildman–Crippen LogP) is 1.70. The first-order valence-corrected chi connectivity index (χ1v) is 13.4. The Hall–Kier alpha value is -3.81. The first-order valence-electron chi connectivity index (χ1n) is 12.0. The van der Waals surface area contributed by atoms with Gasteiger partial charge < -0.3 is 14.2 Å². The van der Waals surface area contributed by atoms with E-state index in [1.165, 1.54) is 35.6 Å². The summed E-state index contributed by atoms with van der Waals surface area (Å²) in [6.45, 7) is -0.750. The summed E-state index contributed by atoms with van der Waals surface area (Å²) in [4.78, 5) is 37.3. The van der Waals surface area contributed by atoms with Gasteiger partial charge in [-0.2, -0.15) is 5.10 Å². The molecule has 13 nitrogen and oxygen atoms in total. The third-order valence-electron chi connectivity index (χ3n) is 7.38. The molecule has 2 aliphatic carbocycles. The number of amides is 3. The number of cyclic esters (lactones) is 1. The van der Waals surface area contributed by atoms with Crippen molar-refractivity contribution in [2.24, 2.45) is 18.9 Å². The van der Waals surface area contributed by atoms with E-state index in [2.05, 4.69) is 10.4 Å². The van der Waals surface area contributed by atoms with Gasteiger partial charge in [0, 0.05) is 18.9 Å². The number of anilines is 2. The molecule has 196 valence electrons. The Morgan fingerprint density at radius 1 is 1.27 bits per heavy atom. The highest BCUT2D eigenvalue weighted by molar-refractivity contribution is 7.92. The van der Waals surface area contributed by atoms with Crippen LogP contribution in [0.2, 0.25) is 0 Å². The number of nitrogens with zero attached hydrogens (tertiary/aromatic N) is 4. The normalized spacial score (nSPS) is 26.3. The van der Waals surface area contributed by atoms with Gasteiger partial charge in [0.1, 0.15) is 22.9 Å². The van der Waals surface area contributed by atoms with Gasteiger partial charge in [-0.1, -0.05) is 0 Å². The molecule has 0 bridgehead atoms. The number of nitrogens with one attached hydrogen (secondary N) is 1. The number of hydrogen-bond acceptors (Lipinski definition) is 9. The van der Waals surface area contributed by atoms with Crippen molar-refractivity contribution in [1.29, 1.82) is 0 Å². The fraction of sp³-hybridized carbons (Fsp3) is 0.478. The van der Waals surface area contributed by atoms with Crippen LogP contribution in [0.15, 0.2) is 35.5 Å². The summed E-state index contributed by atoms with van der Waals surface area (Å²) in [6.07, 6.45) is 3.39. The molecule has 2 aliphatic heterocycles. The molecule has 37 heavy (non-hydrogen) atoms. The van der Waals surface area contributed by atoms with Gasteiger partial charge in [-0.3, -0.25) is 19.1 Å². The topological polar surface area (TPSA) is 149 Å². The molecule has 4 atom stereocenters. The number of hydrogen-bond donors (Lipinski definition) is 1. The minimum atomic E-state index is -4.11. The summed E-state index contributed by atoms with van der Waals surface area (Å²) in [6, 6.07) is 4.58. The van der Waals surface area contributed by atoms with Gasteiger partial charge in [-0.25, -0.2) is 22.9 Å². The third kappa shape index (κ3) is 4.14. The lowest BCUT2D eigenvalue weighted by molar-refractivity contribution is -0.126. The Morgan fingerprint density at radius 3 is 2.73 bits per heavy atom. The molecule has 3 fully saturated rings.